The number of rotatable bonds is 9. The minimum Gasteiger partial charge on any atom is -0.466 e. The highest BCUT2D eigenvalue weighted by Crippen LogP contribution is 2.36. The van der Waals surface area contributed by atoms with Crippen LogP contribution in [0.3, 0.4) is 0 Å². The van der Waals surface area contributed by atoms with E-state index in [4.69, 9.17) is 4.74 Å². The first-order chi connectivity index (χ1) is 20.2. The number of nitrogens with zero attached hydrogens (tertiary/aromatic N) is 2. The number of carbonyl (C=O) groups is 2. The second-order valence-corrected chi connectivity index (χ2v) is 12.2. The van der Waals surface area contributed by atoms with Crippen molar-refractivity contribution in [2.45, 2.75) is 43.1 Å². The summed E-state index contributed by atoms with van der Waals surface area (Å²) in [5.74, 6) is 0.273. The zero-order chi connectivity index (χ0) is 29.7. The molecule has 1 amide bonds. The molecule has 220 valence electrons. The Morgan fingerprint density at radius 2 is 2.00 bits per heavy atom. The van der Waals surface area contributed by atoms with E-state index in [-0.39, 0.29) is 12.4 Å². The highest BCUT2D eigenvalue weighted by atomic mass is 32.2. The summed E-state index contributed by atoms with van der Waals surface area (Å²) < 4.78 is 47.1. The fourth-order valence-corrected chi connectivity index (χ4v) is 6.26. The fourth-order valence-electron chi connectivity index (χ4n) is 4.39. The molecule has 1 saturated carbocycles. The summed E-state index contributed by atoms with van der Waals surface area (Å²) in [5, 5.41) is 4.88. The van der Waals surface area contributed by atoms with Crippen molar-refractivity contribution >= 4 is 61.9 Å². The molecular formula is C30H29F3N4O3S2. The molecule has 0 aliphatic heterocycles. The van der Waals surface area contributed by atoms with Crippen LogP contribution in [-0.2, 0) is 22.3 Å². The number of halogens is 3. The second-order valence-electron chi connectivity index (χ2n) is 9.78. The molecule has 0 bridgehead atoms. The van der Waals surface area contributed by atoms with E-state index in [1.165, 1.54) is 40.1 Å². The van der Waals surface area contributed by atoms with Crippen LogP contribution in [0, 0.1) is 5.92 Å². The number of ether oxygens (including phenoxy) is 1. The van der Waals surface area contributed by atoms with E-state index in [2.05, 4.69) is 33.5 Å². The van der Waals surface area contributed by atoms with Crippen molar-refractivity contribution in [3.05, 3.63) is 78.2 Å². The molecule has 2 aromatic carbocycles. The van der Waals surface area contributed by atoms with Crippen molar-refractivity contribution in [2.75, 3.05) is 17.7 Å². The Morgan fingerprint density at radius 1 is 1.19 bits per heavy atom. The lowest BCUT2D eigenvalue weighted by Crippen LogP contribution is -2.11. The van der Waals surface area contributed by atoms with Crippen LogP contribution in [-0.4, -0.2) is 38.8 Å². The van der Waals surface area contributed by atoms with Crippen molar-refractivity contribution in [3.63, 3.8) is 0 Å². The summed E-state index contributed by atoms with van der Waals surface area (Å²) in [7, 11) is 0. The molecule has 1 fully saturated rings. The van der Waals surface area contributed by atoms with Crippen LogP contribution in [0.4, 0.5) is 18.3 Å². The van der Waals surface area contributed by atoms with Gasteiger partial charge in [-0.15, -0.1) is 11.8 Å². The second kappa shape index (κ2) is 13.0. The Morgan fingerprint density at radius 3 is 2.74 bits per heavy atom. The zero-order valence-electron chi connectivity index (χ0n) is 22.7. The molecular weight excluding hydrogens is 585 g/mol. The first kappa shape index (κ1) is 29.7. The summed E-state index contributed by atoms with van der Waals surface area (Å²) in [6.07, 6.45) is 3.09. The Bertz CT molecular complexity index is 1660. The lowest BCUT2D eigenvalue weighted by Gasteiger charge is -2.08. The summed E-state index contributed by atoms with van der Waals surface area (Å²) in [6.45, 7) is 2.68. The molecule has 0 radical (unpaired) electrons. The molecule has 2 N–H and O–H groups in total. The van der Waals surface area contributed by atoms with E-state index in [0.717, 1.165) is 29.2 Å². The molecule has 0 unspecified atom stereocenters. The number of para-hydroxylation sites is 1. The summed E-state index contributed by atoms with van der Waals surface area (Å²) in [5.41, 5.74) is 1.18. The van der Waals surface area contributed by atoms with Gasteiger partial charge in [0.2, 0.25) is 0 Å². The van der Waals surface area contributed by atoms with Gasteiger partial charge in [0.15, 0.2) is 5.13 Å². The number of anilines is 1. The van der Waals surface area contributed by atoms with Gasteiger partial charge in [-0.25, -0.2) is 4.98 Å². The average Bonchev–Trinajstić information content (AvgIpc) is 3.31. The van der Waals surface area contributed by atoms with Crippen molar-refractivity contribution in [3.8, 4) is 0 Å². The number of benzene rings is 2. The van der Waals surface area contributed by atoms with Crippen LogP contribution >= 0.6 is 23.1 Å². The molecule has 3 heterocycles. The standard InChI is InChI=1S/C22H22F3N3O3S2.C8H7N/c1-2-31-18(29)7-8-32-19-10-26-21(33-19)27-20(30)16-12-28(11-13-3-4-13)17-9-14(22(23,24)25)5-6-15(16)17;1-2-4-8-7(3-1)5-6-9-8/h5-6,9-10,12-13H,2-4,7-8,11H2,1H3,(H,26,27,30);1-6,9H. The molecule has 42 heavy (non-hydrogen) atoms. The summed E-state index contributed by atoms with van der Waals surface area (Å²) in [6, 6.07) is 13.7. The first-order valence-corrected chi connectivity index (χ1v) is 15.3. The fraction of sp³-hybridized carbons (Fsp3) is 0.300. The number of thioether (sulfide) groups is 1. The number of fused-ring (bicyclic) bond motifs is 2. The highest BCUT2D eigenvalue weighted by Gasteiger charge is 2.32. The van der Waals surface area contributed by atoms with Gasteiger partial charge in [0.25, 0.3) is 5.91 Å². The quantitative estimate of drug-likeness (QED) is 0.130. The number of carbonyl (C=O) groups excluding carboxylic acids is 2. The van der Waals surface area contributed by atoms with Crippen molar-refractivity contribution < 1.29 is 27.5 Å². The number of alkyl halides is 3. The van der Waals surface area contributed by atoms with Gasteiger partial charge in [-0.1, -0.05) is 35.6 Å². The van der Waals surface area contributed by atoms with Crippen molar-refractivity contribution in [1.82, 2.24) is 14.5 Å². The van der Waals surface area contributed by atoms with Gasteiger partial charge in [-0.2, -0.15) is 13.2 Å². The Kier molecular flexibility index (Phi) is 9.22. The number of aromatic amines is 1. The van der Waals surface area contributed by atoms with Gasteiger partial charge in [0, 0.05) is 41.1 Å². The molecule has 1 aliphatic carbocycles. The number of esters is 1. The lowest BCUT2D eigenvalue weighted by atomic mass is 10.1. The van der Waals surface area contributed by atoms with E-state index in [1.54, 1.807) is 23.9 Å². The molecule has 1 aliphatic rings. The van der Waals surface area contributed by atoms with Crippen molar-refractivity contribution in [1.29, 1.82) is 0 Å². The van der Waals surface area contributed by atoms with Gasteiger partial charge in [0.1, 0.15) is 0 Å². The number of aromatic nitrogens is 3. The number of nitrogens with one attached hydrogen (secondary N) is 2. The molecule has 6 rings (SSSR count). The third kappa shape index (κ3) is 7.54. The predicted molar refractivity (Wildman–Crippen MR) is 160 cm³/mol. The number of hydrogen-bond donors (Lipinski definition) is 2. The lowest BCUT2D eigenvalue weighted by molar-refractivity contribution is -0.142. The van der Waals surface area contributed by atoms with Gasteiger partial charge < -0.3 is 14.3 Å². The monoisotopic (exact) mass is 614 g/mol. The van der Waals surface area contributed by atoms with Crippen LogP contribution < -0.4 is 5.32 Å². The maximum absolute atomic E-state index is 13.2. The number of thiazole rings is 1. The van der Waals surface area contributed by atoms with Crippen LogP contribution in [0.25, 0.3) is 21.8 Å². The highest BCUT2D eigenvalue weighted by molar-refractivity contribution is 8.01. The van der Waals surface area contributed by atoms with Crippen molar-refractivity contribution in [2.24, 2.45) is 5.92 Å². The normalized spacial score (nSPS) is 13.1. The van der Waals surface area contributed by atoms with E-state index < -0.39 is 17.6 Å². The van der Waals surface area contributed by atoms with E-state index in [1.807, 2.05) is 18.3 Å². The van der Waals surface area contributed by atoms with Crippen LogP contribution in [0.1, 0.15) is 42.1 Å². The van der Waals surface area contributed by atoms with Crippen LogP contribution in [0.5, 0.6) is 0 Å². The van der Waals surface area contributed by atoms with E-state index in [9.17, 15) is 22.8 Å². The van der Waals surface area contributed by atoms with Gasteiger partial charge >= 0.3 is 12.1 Å². The molecule has 7 nitrogen and oxygen atoms in total. The summed E-state index contributed by atoms with van der Waals surface area (Å²) in [4.78, 5) is 31.7. The largest absolute Gasteiger partial charge is 0.466 e. The number of amides is 1. The molecule has 12 heteroatoms. The van der Waals surface area contributed by atoms with Gasteiger partial charge in [-0.05, 0) is 55.3 Å². The zero-order valence-corrected chi connectivity index (χ0v) is 24.4. The molecule has 3 aromatic heterocycles. The average molecular weight is 615 g/mol. The minimum atomic E-state index is -4.45. The minimum absolute atomic E-state index is 0.265. The Labute approximate surface area is 248 Å². The Balaban J connectivity index is 0.000000330. The van der Waals surface area contributed by atoms with Crippen LogP contribution in [0.2, 0.25) is 0 Å². The number of H-pyrrole nitrogens is 1. The summed E-state index contributed by atoms with van der Waals surface area (Å²) >= 11 is 2.71. The third-order valence-electron chi connectivity index (χ3n) is 6.63. The third-order valence-corrected chi connectivity index (χ3v) is 8.74. The number of hydrogen-bond acceptors (Lipinski definition) is 6. The van der Waals surface area contributed by atoms with Gasteiger partial charge in [-0.3, -0.25) is 14.9 Å². The molecule has 0 spiro atoms. The van der Waals surface area contributed by atoms with Crippen LogP contribution in [0.15, 0.2) is 71.3 Å². The maximum Gasteiger partial charge on any atom is 0.416 e. The maximum atomic E-state index is 13.2. The predicted octanol–water partition coefficient (Wildman–Crippen LogP) is 7.99. The molecule has 5 aromatic rings. The first-order valence-electron chi connectivity index (χ1n) is 13.5. The Hall–Kier alpha value is -3.77. The van der Waals surface area contributed by atoms with E-state index in [0.29, 0.717) is 46.4 Å². The van der Waals surface area contributed by atoms with E-state index >= 15 is 0 Å². The smallest absolute Gasteiger partial charge is 0.416 e. The molecule has 0 saturated heterocycles. The van der Waals surface area contributed by atoms with Gasteiger partial charge in [0.05, 0.1) is 34.6 Å². The topological polar surface area (TPSA) is 89.0 Å². The molecule has 0 atom stereocenters. The SMILES string of the molecule is CCOC(=O)CCSc1cnc(NC(=O)c2cn(CC3CC3)c3cc(C(F)(F)F)ccc23)s1.c1ccc2[nH]ccc2c1.